The van der Waals surface area contributed by atoms with Crippen LogP contribution in [0.2, 0.25) is 10.0 Å². The summed E-state index contributed by atoms with van der Waals surface area (Å²) in [7, 11) is 1.48. The van der Waals surface area contributed by atoms with E-state index in [1.807, 2.05) is 34.1 Å². The minimum absolute atomic E-state index is 0.0663. The SMILES string of the molecule is COC(=N)CCC(=N)N1CCC(C(=O)N2CC(c3ccc(Cl)cc3)C(C)(COc3ccc(Cl)cn3)C2)CC1. The van der Waals surface area contributed by atoms with Gasteiger partial charge in [0.1, 0.15) is 0 Å². The average molecular weight is 561 g/mol. The Hall–Kier alpha value is -2.84. The first-order valence-electron chi connectivity index (χ1n) is 12.9. The van der Waals surface area contributed by atoms with Gasteiger partial charge < -0.3 is 19.3 Å². The number of halogens is 2. The van der Waals surface area contributed by atoms with E-state index in [0.717, 1.165) is 5.56 Å². The minimum atomic E-state index is -0.320. The molecule has 2 atom stereocenters. The normalized spacial score (nSPS) is 21.8. The monoisotopic (exact) mass is 559 g/mol. The Bertz CT molecular complexity index is 1140. The Labute approximate surface area is 234 Å². The molecule has 8 nitrogen and oxygen atoms in total. The molecule has 0 aliphatic carbocycles. The van der Waals surface area contributed by atoms with Crippen LogP contribution in [0, 0.1) is 22.2 Å². The summed E-state index contributed by atoms with van der Waals surface area (Å²) >= 11 is 12.1. The van der Waals surface area contributed by atoms with E-state index in [1.54, 1.807) is 18.3 Å². The van der Waals surface area contributed by atoms with Gasteiger partial charge in [-0.25, -0.2) is 4.98 Å². The Balaban J connectivity index is 1.41. The van der Waals surface area contributed by atoms with Gasteiger partial charge in [0.05, 0.1) is 24.6 Å². The maximum atomic E-state index is 13.7. The molecular weight excluding hydrogens is 525 g/mol. The van der Waals surface area contributed by atoms with Crippen molar-refractivity contribution in [3.8, 4) is 5.88 Å². The number of amides is 1. The summed E-state index contributed by atoms with van der Waals surface area (Å²) in [4.78, 5) is 22.0. The highest BCUT2D eigenvalue weighted by Gasteiger charge is 2.47. The lowest BCUT2D eigenvalue weighted by molar-refractivity contribution is -0.136. The molecule has 1 aromatic carbocycles. The molecule has 2 aromatic rings. The Morgan fingerprint density at radius 2 is 1.74 bits per heavy atom. The second-order valence-electron chi connectivity index (χ2n) is 10.4. The molecule has 0 bridgehead atoms. The number of aromatic nitrogens is 1. The zero-order valence-corrected chi connectivity index (χ0v) is 23.4. The van der Waals surface area contributed by atoms with Crippen molar-refractivity contribution < 1.29 is 14.3 Å². The van der Waals surface area contributed by atoms with Crippen molar-refractivity contribution in [3.63, 3.8) is 0 Å². The number of nitrogens with zero attached hydrogens (tertiary/aromatic N) is 3. The van der Waals surface area contributed by atoms with E-state index < -0.39 is 0 Å². The Morgan fingerprint density at radius 3 is 2.37 bits per heavy atom. The number of pyridine rings is 1. The lowest BCUT2D eigenvalue weighted by atomic mass is 9.77. The second kappa shape index (κ2) is 12.3. The molecule has 2 fully saturated rings. The summed E-state index contributed by atoms with van der Waals surface area (Å²) in [6, 6.07) is 11.4. The molecule has 0 radical (unpaired) electrons. The molecule has 204 valence electrons. The molecule has 2 aliphatic rings. The van der Waals surface area contributed by atoms with Crippen LogP contribution in [0.15, 0.2) is 42.6 Å². The highest BCUT2D eigenvalue weighted by Crippen LogP contribution is 2.44. The Morgan fingerprint density at radius 1 is 1.05 bits per heavy atom. The van der Waals surface area contributed by atoms with Gasteiger partial charge in [0.25, 0.3) is 0 Å². The number of amidine groups is 1. The van der Waals surface area contributed by atoms with Gasteiger partial charge in [-0.1, -0.05) is 42.3 Å². The summed E-state index contributed by atoms with van der Waals surface area (Å²) in [6.45, 7) is 5.12. The number of methoxy groups -OCH3 is 1. The van der Waals surface area contributed by atoms with Crippen LogP contribution in [0.25, 0.3) is 0 Å². The number of carbonyl (C=O) groups excluding carboxylic acids is 1. The third-order valence-electron chi connectivity index (χ3n) is 7.69. The first kappa shape index (κ1) is 28.2. The predicted octanol–water partition coefficient (Wildman–Crippen LogP) is 5.49. The maximum Gasteiger partial charge on any atom is 0.225 e. The van der Waals surface area contributed by atoms with Crippen molar-refractivity contribution in [2.75, 3.05) is 39.9 Å². The number of nitrogens with one attached hydrogen (secondary N) is 2. The smallest absolute Gasteiger partial charge is 0.225 e. The minimum Gasteiger partial charge on any atom is -0.484 e. The summed E-state index contributed by atoms with van der Waals surface area (Å²) in [6.07, 6.45) is 3.88. The molecule has 38 heavy (non-hydrogen) atoms. The quantitative estimate of drug-likeness (QED) is 0.328. The number of piperidine rings is 1. The predicted molar refractivity (Wildman–Crippen MR) is 150 cm³/mol. The van der Waals surface area contributed by atoms with Crippen molar-refractivity contribution in [1.29, 1.82) is 10.8 Å². The highest BCUT2D eigenvalue weighted by atomic mass is 35.5. The fraction of sp³-hybridized carbons (Fsp3) is 0.500. The summed E-state index contributed by atoms with van der Waals surface area (Å²) in [5.41, 5.74) is 0.809. The van der Waals surface area contributed by atoms with Crippen LogP contribution in [0.3, 0.4) is 0 Å². The van der Waals surface area contributed by atoms with Crippen LogP contribution in [0.1, 0.15) is 44.1 Å². The molecular formula is C28H35Cl2N5O3. The van der Waals surface area contributed by atoms with E-state index in [-0.39, 0.29) is 29.1 Å². The molecule has 2 N–H and O–H groups in total. The number of hydrogen-bond acceptors (Lipinski definition) is 6. The standard InChI is InChI=1S/C28H35Cl2N5O3/c1-28(18-38-26-10-7-22(30)15-33-26)17-35(16-23(28)19-3-5-21(29)6-4-19)27(36)20-11-13-34(14-12-20)24(31)8-9-25(32)37-2/h3-7,10,15,20,23,31-32H,8-9,11-14,16-18H2,1-2H3. The number of hydrogen-bond donors (Lipinski definition) is 2. The van der Waals surface area contributed by atoms with Crippen molar-refractivity contribution in [1.82, 2.24) is 14.8 Å². The number of carbonyl (C=O) groups is 1. The number of benzene rings is 1. The topological polar surface area (TPSA) is 103 Å². The fourth-order valence-corrected chi connectivity index (χ4v) is 5.64. The maximum absolute atomic E-state index is 13.7. The molecule has 1 amide bonds. The van der Waals surface area contributed by atoms with Crippen molar-refractivity contribution in [3.05, 3.63) is 58.2 Å². The number of likely N-dealkylation sites (tertiary alicyclic amines) is 2. The van der Waals surface area contributed by atoms with E-state index in [0.29, 0.717) is 80.2 Å². The van der Waals surface area contributed by atoms with E-state index in [9.17, 15) is 4.79 Å². The van der Waals surface area contributed by atoms with Gasteiger partial charge in [-0.15, -0.1) is 0 Å². The molecule has 1 aromatic heterocycles. The fourth-order valence-electron chi connectivity index (χ4n) is 5.40. The van der Waals surface area contributed by atoms with Crippen LogP contribution in [-0.4, -0.2) is 72.3 Å². The molecule has 0 saturated carbocycles. The van der Waals surface area contributed by atoms with Crippen LogP contribution in [-0.2, 0) is 9.53 Å². The molecule has 2 aliphatic heterocycles. The van der Waals surface area contributed by atoms with E-state index >= 15 is 0 Å². The zero-order valence-electron chi connectivity index (χ0n) is 21.9. The van der Waals surface area contributed by atoms with Crippen molar-refractivity contribution in [2.45, 2.75) is 38.5 Å². The van der Waals surface area contributed by atoms with Crippen molar-refractivity contribution in [2.24, 2.45) is 11.3 Å². The van der Waals surface area contributed by atoms with Gasteiger partial charge in [-0.2, -0.15) is 0 Å². The third kappa shape index (κ3) is 6.77. The molecule has 2 unspecified atom stereocenters. The Kier molecular flexibility index (Phi) is 9.15. The van der Waals surface area contributed by atoms with Gasteiger partial charge in [0, 0.05) is 73.6 Å². The van der Waals surface area contributed by atoms with Crippen LogP contribution in [0.5, 0.6) is 5.88 Å². The van der Waals surface area contributed by atoms with Gasteiger partial charge in [0.2, 0.25) is 11.8 Å². The third-order valence-corrected chi connectivity index (χ3v) is 8.17. The largest absolute Gasteiger partial charge is 0.484 e. The highest BCUT2D eigenvalue weighted by molar-refractivity contribution is 6.30. The molecule has 0 spiro atoms. The number of rotatable bonds is 8. The molecule has 4 rings (SSSR count). The van der Waals surface area contributed by atoms with Crippen LogP contribution >= 0.6 is 23.2 Å². The summed E-state index contributed by atoms with van der Waals surface area (Å²) < 4.78 is 11.0. The van der Waals surface area contributed by atoms with E-state index in [2.05, 4.69) is 11.9 Å². The van der Waals surface area contributed by atoms with Gasteiger partial charge in [-0.3, -0.25) is 15.6 Å². The molecule has 3 heterocycles. The zero-order chi connectivity index (χ0) is 27.3. The first-order valence-corrected chi connectivity index (χ1v) is 13.7. The lowest BCUT2D eigenvalue weighted by Gasteiger charge is -2.35. The molecule has 10 heteroatoms. The van der Waals surface area contributed by atoms with E-state index in [4.69, 9.17) is 43.5 Å². The van der Waals surface area contributed by atoms with Gasteiger partial charge in [0.15, 0.2) is 5.90 Å². The van der Waals surface area contributed by atoms with E-state index in [1.165, 1.54) is 7.11 Å². The first-order chi connectivity index (χ1) is 18.2. The summed E-state index contributed by atoms with van der Waals surface area (Å²) in [5.74, 6) is 1.38. The van der Waals surface area contributed by atoms with Gasteiger partial charge in [-0.05, 0) is 36.6 Å². The second-order valence-corrected chi connectivity index (χ2v) is 11.3. The summed E-state index contributed by atoms with van der Waals surface area (Å²) in [5, 5.41) is 17.2. The van der Waals surface area contributed by atoms with Gasteiger partial charge >= 0.3 is 0 Å². The van der Waals surface area contributed by atoms with Crippen molar-refractivity contribution >= 4 is 40.8 Å². The lowest BCUT2D eigenvalue weighted by Crippen LogP contribution is -2.44. The molecule has 2 saturated heterocycles. The van der Waals surface area contributed by atoms with Crippen LogP contribution < -0.4 is 4.74 Å². The average Bonchev–Trinajstić information content (AvgIpc) is 3.28. The number of ether oxygens (including phenoxy) is 2. The van der Waals surface area contributed by atoms with Crippen LogP contribution in [0.4, 0.5) is 0 Å².